The first-order chi connectivity index (χ1) is 6.15. The molecule has 1 aromatic carbocycles. The highest BCUT2D eigenvalue weighted by Crippen LogP contribution is 2.17. The molecule has 1 aromatic rings. The van der Waals surface area contributed by atoms with Crippen molar-refractivity contribution in [2.45, 2.75) is 6.42 Å². The number of carbonyl (C=O) groups excluding carboxylic acids is 1. The highest BCUT2D eigenvalue weighted by molar-refractivity contribution is 6.19. The van der Waals surface area contributed by atoms with Gasteiger partial charge in [0.25, 0.3) is 0 Å². The molecule has 0 bridgehead atoms. The van der Waals surface area contributed by atoms with E-state index < -0.39 is 11.6 Å². The molecule has 0 heterocycles. The van der Waals surface area contributed by atoms with Crippen molar-refractivity contribution in [2.75, 3.05) is 5.88 Å². The predicted octanol–water partition coefficient (Wildman–Crippen LogP) is 2.34. The number of carbonyl (C=O) groups is 1. The normalized spacial score (nSPS) is 10.0. The smallest absolute Gasteiger partial charge is 0.165 e. The minimum Gasteiger partial charge on any atom is -0.505 e. The van der Waals surface area contributed by atoms with Crippen molar-refractivity contribution in [3.63, 3.8) is 0 Å². The van der Waals surface area contributed by atoms with Gasteiger partial charge < -0.3 is 5.11 Å². The van der Waals surface area contributed by atoms with Crippen LogP contribution in [0.25, 0.3) is 0 Å². The highest BCUT2D eigenvalue weighted by Gasteiger charge is 2.08. The molecule has 0 saturated heterocycles. The van der Waals surface area contributed by atoms with Crippen LogP contribution in [0.4, 0.5) is 4.39 Å². The number of ketones is 1. The largest absolute Gasteiger partial charge is 0.505 e. The SMILES string of the molecule is O=C(CCCl)c1ccc(O)c(F)c1. The number of rotatable bonds is 3. The number of Topliss-reactive ketones (excluding diaryl/α,β-unsaturated/α-hetero) is 1. The van der Waals surface area contributed by atoms with Crippen LogP contribution in [0.2, 0.25) is 0 Å². The van der Waals surface area contributed by atoms with Crippen LogP contribution in [-0.2, 0) is 0 Å². The molecule has 0 saturated carbocycles. The van der Waals surface area contributed by atoms with Gasteiger partial charge in [-0.3, -0.25) is 4.79 Å². The summed E-state index contributed by atoms with van der Waals surface area (Å²) in [5, 5.41) is 8.84. The molecular formula is C9H8ClFO2. The number of benzene rings is 1. The number of hydrogen-bond acceptors (Lipinski definition) is 2. The summed E-state index contributed by atoms with van der Waals surface area (Å²) in [6.07, 6.45) is 0.172. The van der Waals surface area contributed by atoms with Gasteiger partial charge in [0.05, 0.1) is 0 Å². The average molecular weight is 203 g/mol. The Hall–Kier alpha value is -1.09. The van der Waals surface area contributed by atoms with Crippen molar-refractivity contribution in [1.82, 2.24) is 0 Å². The van der Waals surface area contributed by atoms with Crippen LogP contribution in [0, 0.1) is 5.82 Å². The molecule has 70 valence electrons. The molecule has 0 aliphatic heterocycles. The summed E-state index contributed by atoms with van der Waals surface area (Å²) < 4.78 is 12.7. The fraction of sp³-hybridized carbons (Fsp3) is 0.222. The number of aromatic hydroxyl groups is 1. The van der Waals surface area contributed by atoms with E-state index in [1.165, 1.54) is 6.07 Å². The van der Waals surface area contributed by atoms with Crippen molar-refractivity contribution in [2.24, 2.45) is 0 Å². The first kappa shape index (κ1) is 9.99. The maximum Gasteiger partial charge on any atom is 0.165 e. The minimum absolute atomic E-state index is 0.172. The summed E-state index contributed by atoms with van der Waals surface area (Å²) >= 11 is 5.35. The number of phenolic OH excluding ortho intramolecular Hbond substituents is 1. The Morgan fingerprint density at radius 1 is 1.54 bits per heavy atom. The zero-order chi connectivity index (χ0) is 9.84. The van der Waals surface area contributed by atoms with Gasteiger partial charge in [-0.05, 0) is 18.2 Å². The van der Waals surface area contributed by atoms with E-state index in [2.05, 4.69) is 0 Å². The summed E-state index contributed by atoms with van der Waals surface area (Å²) in [7, 11) is 0. The Kier molecular flexibility index (Phi) is 3.25. The van der Waals surface area contributed by atoms with Gasteiger partial charge in [-0.25, -0.2) is 4.39 Å². The summed E-state index contributed by atoms with van der Waals surface area (Å²) in [5.41, 5.74) is 0.232. The van der Waals surface area contributed by atoms with Crippen molar-refractivity contribution >= 4 is 17.4 Å². The van der Waals surface area contributed by atoms with Gasteiger partial charge in [-0.15, -0.1) is 11.6 Å². The molecule has 0 unspecified atom stereocenters. The van der Waals surface area contributed by atoms with E-state index >= 15 is 0 Å². The van der Waals surface area contributed by atoms with Crippen LogP contribution in [0.1, 0.15) is 16.8 Å². The van der Waals surface area contributed by atoms with E-state index in [0.29, 0.717) is 0 Å². The van der Waals surface area contributed by atoms with Crippen LogP contribution in [0.5, 0.6) is 5.75 Å². The molecular weight excluding hydrogens is 195 g/mol. The lowest BCUT2D eigenvalue weighted by Gasteiger charge is -1.99. The Morgan fingerprint density at radius 2 is 2.23 bits per heavy atom. The molecule has 13 heavy (non-hydrogen) atoms. The molecule has 0 atom stereocenters. The quantitative estimate of drug-likeness (QED) is 0.604. The summed E-state index contributed by atoms with van der Waals surface area (Å²) in [6, 6.07) is 3.52. The molecule has 2 nitrogen and oxygen atoms in total. The standard InChI is InChI=1S/C9H8ClFO2/c10-4-3-8(12)6-1-2-9(13)7(11)5-6/h1-2,5,13H,3-4H2. The third-order valence-corrected chi connectivity index (χ3v) is 1.78. The topological polar surface area (TPSA) is 37.3 Å². The Balaban J connectivity index is 2.90. The zero-order valence-electron chi connectivity index (χ0n) is 6.76. The van der Waals surface area contributed by atoms with E-state index in [1.807, 2.05) is 0 Å². The molecule has 0 fully saturated rings. The summed E-state index contributed by atoms with van der Waals surface area (Å²) in [4.78, 5) is 11.2. The van der Waals surface area contributed by atoms with Crippen LogP contribution in [0.15, 0.2) is 18.2 Å². The average Bonchev–Trinajstić information content (AvgIpc) is 2.10. The maximum atomic E-state index is 12.7. The van der Waals surface area contributed by atoms with Crippen LogP contribution in [-0.4, -0.2) is 16.8 Å². The fourth-order valence-corrected chi connectivity index (χ4v) is 1.08. The first-order valence-corrected chi connectivity index (χ1v) is 4.26. The van der Waals surface area contributed by atoms with Gasteiger partial charge in [0.2, 0.25) is 0 Å². The second-order valence-electron chi connectivity index (χ2n) is 2.53. The van der Waals surface area contributed by atoms with Crippen molar-refractivity contribution in [3.05, 3.63) is 29.6 Å². The zero-order valence-corrected chi connectivity index (χ0v) is 7.51. The first-order valence-electron chi connectivity index (χ1n) is 3.73. The van der Waals surface area contributed by atoms with E-state index in [1.54, 1.807) is 0 Å². The van der Waals surface area contributed by atoms with Crippen molar-refractivity contribution in [3.8, 4) is 5.75 Å². The van der Waals surface area contributed by atoms with E-state index in [0.717, 1.165) is 12.1 Å². The van der Waals surface area contributed by atoms with Gasteiger partial charge in [0, 0.05) is 17.9 Å². The molecule has 1 rings (SSSR count). The van der Waals surface area contributed by atoms with Gasteiger partial charge >= 0.3 is 0 Å². The highest BCUT2D eigenvalue weighted by atomic mass is 35.5. The van der Waals surface area contributed by atoms with Crippen LogP contribution < -0.4 is 0 Å². The lowest BCUT2D eigenvalue weighted by atomic mass is 10.1. The Labute approximate surface area is 80.0 Å². The van der Waals surface area contributed by atoms with Gasteiger partial charge in [0.15, 0.2) is 17.3 Å². The minimum atomic E-state index is -0.791. The lowest BCUT2D eigenvalue weighted by molar-refractivity contribution is 0.0988. The summed E-state index contributed by atoms with van der Waals surface area (Å²) in [6.45, 7) is 0. The van der Waals surface area contributed by atoms with Crippen LogP contribution in [0.3, 0.4) is 0 Å². The molecule has 0 aliphatic carbocycles. The summed E-state index contributed by atoms with van der Waals surface area (Å²) in [5.74, 6) is -1.27. The van der Waals surface area contributed by atoms with E-state index in [9.17, 15) is 9.18 Å². The molecule has 0 aromatic heterocycles. The second kappa shape index (κ2) is 4.23. The number of phenols is 1. The lowest BCUT2D eigenvalue weighted by Crippen LogP contribution is -1.99. The maximum absolute atomic E-state index is 12.7. The molecule has 0 aliphatic rings. The van der Waals surface area contributed by atoms with Crippen LogP contribution >= 0.6 is 11.6 Å². The third-order valence-electron chi connectivity index (χ3n) is 1.59. The van der Waals surface area contributed by atoms with Gasteiger partial charge in [0.1, 0.15) is 0 Å². The van der Waals surface area contributed by atoms with E-state index in [-0.39, 0.29) is 23.6 Å². The molecule has 1 N–H and O–H groups in total. The van der Waals surface area contributed by atoms with Gasteiger partial charge in [-0.1, -0.05) is 0 Å². The van der Waals surface area contributed by atoms with Crippen molar-refractivity contribution < 1.29 is 14.3 Å². The third kappa shape index (κ3) is 2.42. The predicted molar refractivity (Wildman–Crippen MR) is 47.7 cm³/mol. The Morgan fingerprint density at radius 3 is 2.77 bits per heavy atom. The molecule has 0 spiro atoms. The molecule has 0 amide bonds. The monoisotopic (exact) mass is 202 g/mol. The Bertz CT molecular complexity index is 325. The van der Waals surface area contributed by atoms with Gasteiger partial charge in [-0.2, -0.15) is 0 Å². The fourth-order valence-electron chi connectivity index (χ4n) is 0.911. The number of alkyl halides is 1. The van der Waals surface area contributed by atoms with Crippen molar-refractivity contribution in [1.29, 1.82) is 0 Å². The van der Waals surface area contributed by atoms with E-state index in [4.69, 9.17) is 16.7 Å². The molecule has 0 radical (unpaired) electrons. The molecule has 4 heteroatoms. The number of hydrogen-bond donors (Lipinski definition) is 1. The number of halogens is 2. The second-order valence-corrected chi connectivity index (χ2v) is 2.91.